The third-order valence-electron chi connectivity index (χ3n) is 3.69. The Morgan fingerprint density at radius 1 is 0.893 bits per heavy atom. The Balaban J connectivity index is 2.92. The van der Waals surface area contributed by atoms with Crippen LogP contribution in [-0.2, 0) is 38.1 Å². The molecule has 0 aromatic rings. The van der Waals surface area contributed by atoms with Gasteiger partial charge in [0.25, 0.3) is 0 Å². The molecule has 0 aromatic carbocycles. The first-order valence-electron chi connectivity index (χ1n) is 8.83. The first-order chi connectivity index (χ1) is 13.4. The van der Waals surface area contributed by atoms with Crippen molar-refractivity contribution < 1.29 is 38.1 Å². The minimum absolute atomic E-state index is 0.0927. The van der Waals surface area contributed by atoms with E-state index in [0.29, 0.717) is 23.0 Å². The Morgan fingerprint density at radius 3 is 1.71 bits per heavy atom. The van der Waals surface area contributed by atoms with Crippen molar-refractivity contribution >= 4 is 60.9 Å². The van der Waals surface area contributed by atoms with Gasteiger partial charge in [-0.15, -0.1) is 0 Å². The number of carbonyl (C=O) groups excluding carboxylic acids is 4. The zero-order valence-corrected chi connectivity index (χ0v) is 18.2. The molecule has 8 nitrogen and oxygen atoms in total. The number of thioether (sulfide) groups is 1. The topological polar surface area (TPSA) is 105 Å². The molecule has 0 bridgehead atoms. The van der Waals surface area contributed by atoms with E-state index in [2.05, 4.69) is 25.3 Å². The highest BCUT2D eigenvalue weighted by molar-refractivity contribution is 7.99. The highest BCUT2D eigenvalue weighted by atomic mass is 32.2. The van der Waals surface area contributed by atoms with Gasteiger partial charge in [-0.3, -0.25) is 19.2 Å². The average Bonchev–Trinajstić information content (AvgIpc) is 2.66. The fourth-order valence-electron chi connectivity index (χ4n) is 2.07. The number of esters is 4. The molecule has 0 aromatic heterocycles. The maximum absolute atomic E-state index is 12.0. The van der Waals surface area contributed by atoms with Crippen LogP contribution in [0.15, 0.2) is 0 Å². The lowest BCUT2D eigenvalue weighted by Crippen LogP contribution is -2.44. The number of carbonyl (C=O) groups is 4. The monoisotopic (exact) mass is 454 g/mol. The molecule has 1 saturated heterocycles. The summed E-state index contributed by atoms with van der Waals surface area (Å²) in [6.45, 7) is -0.898. The molecule has 0 spiro atoms. The minimum atomic E-state index is -1.18. The summed E-state index contributed by atoms with van der Waals surface area (Å²) >= 11 is 9.41. The van der Waals surface area contributed by atoms with Gasteiger partial charge >= 0.3 is 23.9 Å². The van der Waals surface area contributed by atoms with E-state index in [1.54, 1.807) is 0 Å². The third-order valence-corrected chi connectivity index (χ3v) is 5.12. The SMILES string of the molecule is O=C(CCS)OCC1(COC(=O)CCS)COC(=O)CCSCCC(=O)OC1. The van der Waals surface area contributed by atoms with Crippen molar-refractivity contribution in [3.8, 4) is 0 Å². The largest absolute Gasteiger partial charge is 0.465 e. The van der Waals surface area contributed by atoms with Crippen LogP contribution in [0.5, 0.6) is 0 Å². The number of hydrogen-bond donors (Lipinski definition) is 2. The summed E-state index contributed by atoms with van der Waals surface area (Å²) < 4.78 is 21.1. The van der Waals surface area contributed by atoms with Gasteiger partial charge < -0.3 is 18.9 Å². The van der Waals surface area contributed by atoms with Crippen LogP contribution in [0.4, 0.5) is 0 Å². The van der Waals surface area contributed by atoms with E-state index in [0.717, 1.165) is 0 Å². The zero-order chi connectivity index (χ0) is 20.8. The molecule has 0 saturated carbocycles. The summed E-state index contributed by atoms with van der Waals surface area (Å²) in [5, 5.41) is 0. The van der Waals surface area contributed by atoms with Crippen molar-refractivity contribution in [1.82, 2.24) is 0 Å². The number of rotatable bonds is 8. The van der Waals surface area contributed by atoms with Crippen LogP contribution in [0.25, 0.3) is 0 Å². The van der Waals surface area contributed by atoms with Crippen molar-refractivity contribution in [2.24, 2.45) is 5.41 Å². The Kier molecular flexibility index (Phi) is 12.5. The van der Waals surface area contributed by atoms with Gasteiger partial charge in [0.15, 0.2) is 0 Å². The molecule has 0 atom stereocenters. The molecule has 1 heterocycles. The van der Waals surface area contributed by atoms with Crippen molar-refractivity contribution in [2.75, 3.05) is 49.4 Å². The van der Waals surface area contributed by atoms with Crippen molar-refractivity contribution in [1.29, 1.82) is 0 Å². The van der Waals surface area contributed by atoms with Crippen LogP contribution in [-0.4, -0.2) is 73.3 Å². The minimum Gasteiger partial charge on any atom is -0.465 e. The van der Waals surface area contributed by atoms with Gasteiger partial charge in [0.05, 0.1) is 25.7 Å². The summed E-state index contributed by atoms with van der Waals surface area (Å²) in [4.78, 5) is 47.4. The number of thiol groups is 2. The number of cyclic esters (lactones) is 2. The summed E-state index contributed by atoms with van der Waals surface area (Å²) in [5.74, 6) is -0.193. The predicted molar refractivity (Wildman–Crippen MR) is 110 cm³/mol. The van der Waals surface area contributed by atoms with E-state index in [1.165, 1.54) is 11.8 Å². The predicted octanol–water partition coefficient (Wildman–Crippen LogP) is 1.31. The molecule has 0 radical (unpaired) electrons. The van der Waals surface area contributed by atoms with Crippen molar-refractivity contribution in [2.45, 2.75) is 25.7 Å². The smallest absolute Gasteiger partial charge is 0.306 e. The van der Waals surface area contributed by atoms with Crippen LogP contribution >= 0.6 is 37.0 Å². The third kappa shape index (κ3) is 10.5. The van der Waals surface area contributed by atoms with Crippen LogP contribution in [0.3, 0.4) is 0 Å². The normalized spacial score (nSPS) is 18.1. The molecule has 1 rings (SSSR count). The van der Waals surface area contributed by atoms with E-state index in [1.807, 2.05) is 0 Å². The van der Waals surface area contributed by atoms with Crippen LogP contribution in [0, 0.1) is 5.41 Å². The molecule has 160 valence electrons. The van der Waals surface area contributed by atoms with Crippen LogP contribution < -0.4 is 0 Å². The molecule has 0 amide bonds. The van der Waals surface area contributed by atoms with Crippen LogP contribution in [0.2, 0.25) is 0 Å². The summed E-state index contributed by atoms with van der Waals surface area (Å²) in [6, 6.07) is 0. The van der Waals surface area contributed by atoms with Gasteiger partial charge in [0.2, 0.25) is 0 Å². The fourth-order valence-corrected chi connectivity index (χ4v) is 3.26. The summed E-state index contributed by atoms with van der Waals surface area (Å²) in [5.41, 5.74) is -1.18. The van der Waals surface area contributed by atoms with Crippen LogP contribution in [0.1, 0.15) is 25.7 Å². The first-order valence-corrected chi connectivity index (χ1v) is 11.2. The second kappa shape index (κ2) is 14.0. The van der Waals surface area contributed by atoms with Gasteiger partial charge in [0, 0.05) is 23.0 Å². The van der Waals surface area contributed by atoms with E-state index in [-0.39, 0.29) is 52.1 Å². The lowest BCUT2D eigenvalue weighted by atomic mass is 9.92. The fraction of sp³-hybridized carbons (Fsp3) is 0.765. The van der Waals surface area contributed by atoms with E-state index >= 15 is 0 Å². The van der Waals surface area contributed by atoms with E-state index in [4.69, 9.17) is 18.9 Å². The highest BCUT2D eigenvalue weighted by Gasteiger charge is 2.38. The molecule has 28 heavy (non-hydrogen) atoms. The molecule has 0 N–H and O–H groups in total. The quantitative estimate of drug-likeness (QED) is 0.319. The van der Waals surface area contributed by atoms with Gasteiger partial charge in [-0.2, -0.15) is 37.0 Å². The van der Waals surface area contributed by atoms with E-state index < -0.39 is 29.3 Å². The Bertz CT molecular complexity index is 487. The van der Waals surface area contributed by atoms with Crippen molar-refractivity contribution in [3.05, 3.63) is 0 Å². The van der Waals surface area contributed by atoms with Gasteiger partial charge in [0.1, 0.15) is 31.8 Å². The Labute approximate surface area is 179 Å². The summed E-state index contributed by atoms with van der Waals surface area (Å²) in [7, 11) is 0. The average molecular weight is 455 g/mol. The van der Waals surface area contributed by atoms with E-state index in [9.17, 15) is 19.2 Å². The number of hydrogen-bond acceptors (Lipinski definition) is 11. The molecule has 0 aliphatic carbocycles. The molecule has 0 unspecified atom stereocenters. The number of ether oxygens (including phenoxy) is 4. The standard InChI is InChI=1S/C17H26O8S3/c18-13(1-5-26)22-9-17(10-23-14(19)2-6-27)11-24-15(20)3-7-28-8-4-16(21)25-12-17/h26-27H,1-12H2. The van der Waals surface area contributed by atoms with Gasteiger partial charge in [-0.05, 0) is 0 Å². The first kappa shape index (κ1) is 25.0. The summed E-state index contributed by atoms with van der Waals surface area (Å²) in [6.07, 6.45) is 0.564. The Hall–Kier alpha value is -1.07. The maximum atomic E-state index is 12.0. The molecule has 11 heteroatoms. The highest BCUT2D eigenvalue weighted by Crippen LogP contribution is 2.23. The molecule has 1 aliphatic rings. The molecular formula is C17H26O8S3. The molecule has 1 fully saturated rings. The van der Waals surface area contributed by atoms with Gasteiger partial charge in [-0.1, -0.05) is 0 Å². The van der Waals surface area contributed by atoms with Crippen molar-refractivity contribution in [3.63, 3.8) is 0 Å². The lowest BCUT2D eigenvalue weighted by molar-refractivity contribution is -0.170. The Morgan fingerprint density at radius 2 is 1.32 bits per heavy atom. The second-order valence-corrected chi connectivity index (χ2v) is 8.32. The van der Waals surface area contributed by atoms with Gasteiger partial charge in [-0.25, -0.2) is 0 Å². The lowest BCUT2D eigenvalue weighted by Gasteiger charge is -2.31. The zero-order valence-electron chi connectivity index (χ0n) is 15.6. The maximum Gasteiger partial charge on any atom is 0.306 e. The second-order valence-electron chi connectivity index (χ2n) is 6.20. The molecular weight excluding hydrogens is 428 g/mol. The molecule has 1 aliphatic heterocycles.